The van der Waals surface area contributed by atoms with Crippen LogP contribution in [0, 0.1) is 5.92 Å². The van der Waals surface area contributed by atoms with E-state index in [4.69, 9.17) is 4.74 Å². The van der Waals surface area contributed by atoms with Crippen molar-refractivity contribution < 1.29 is 4.74 Å². The van der Waals surface area contributed by atoms with Crippen LogP contribution in [0.25, 0.3) is 0 Å². The Balaban J connectivity index is 2.05. The lowest BCUT2D eigenvalue weighted by molar-refractivity contribution is 0.0944. The topological polar surface area (TPSA) is 21.3 Å². The van der Waals surface area contributed by atoms with Gasteiger partial charge in [0.2, 0.25) is 0 Å². The van der Waals surface area contributed by atoms with Crippen molar-refractivity contribution in [2.75, 3.05) is 7.05 Å². The first-order valence-corrected chi connectivity index (χ1v) is 8.40. The third-order valence-corrected chi connectivity index (χ3v) is 5.23. The van der Waals surface area contributed by atoms with Crippen LogP contribution in [0.15, 0.2) is 24.3 Å². The molecule has 21 heavy (non-hydrogen) atoms. The van der Waals surface area contributed by atoms with Crippen LogP contribution >= 0.6 is 0 Å². The Kier molecular flexibility index (Phi) is 5.32. The highest BCUT2D eigenvalue weighted by Gasteiger charge is 2.29. The van der Waals surface area contributed by atoms with E-state index in [9.17, 15) is 0 Å². The molecule has 3 unspecified atom stereocenters. The van der Waals surface area contributed by atoms with Crippen molar-refractivity contribution in [2.24, 2.45) is 5.92 Å². The van der Waals surface area contributed by atoms with Crippen molar-refractivity contribution in [1.82, 2.24) is 5.32 Å². The van der Waals surface area contributed by atoms with Crippen LogP contribution in [-0.4, -0.2) is 19.2 Å². The van der Waals surface area contributed by atoms with Gasteiger partial charge in [-0.15, -0.1) is 0 Å². The fraction of sp³-hybridized carbons (Fsp3) is 0.684. The maximum atomic E-state index is 6.27. The summed E-state index contributed by atoms with van der Waals surface area (Å²) in [6, 6.07) is 9.20. The summed E-state index contributed by atoms with van der Waals surface area (Å²) in [4.78, 5) is 0. The van der Waals surface area contributed by atoms with Crippen LogP contribution in [0.1, 0.15) is 58.9 Å². The van der Waals surface area contributed by atoms with E-state index in [1.165, 1.54) is 18.4 Å². The second kappa shape index (κ2) is 6.83. The van der Waals surface area contributed by atoms with E-state index in [1.807, 2.05) is 7.05 Å². The van der Waals surface area contributed by atoms with Gasteiger partial charge in [-0.2, -0.15) is 0 Å². The van der Waals surface area contributed by atoms with E-state index in [0.29, 0.717) is 12.1 Å². The molecule has 1 N–H and O–H groups in total. The molecule has 1 saturated carbocycles. The van der Waals surface area contributed by atoms with Crippen LogP contribution in [0.3, 0.4) is 0 Å². The predicted molar refractivity (Wildman–Crippen MR) is 90.0 cm³/mol. The van der Waals surface area contributed by atoms with Crippen molar-refractivity contribution in [3.8, 4) is 5.75 Å². The number of ether oxygens (including phenoxy) is 1. The normalized spacial score (nSPS) is 26.6. The van der Waals surface area contributed by atoms with Crippen molar-refractivity contribution in [3.05, 3.63) is 29.8 Å². The summed E-state index contributed by atoms with van der Waals surface area (Å²) in [5.41, 5.74) is 1.63. The smallest absolute Gasteiger partial charge is 0.119 e. The predicted octanol–water partition coefficient (Wildman–Crippen LogP) is 4.53. The molecular weight excluding hydrogens is 258 g/mol. The Morgan fingerprint density at radius 1 is 1.19 bits per heavy atom. The zero-order valence-electron chi connectivity index (χ0n) is 14.3. The molecule has 1 aliphatic carbocycles. The molecule has 0 bridgehead atoms. The summed E-state index contributed by atoms with van der Waals surface area (Å²) in [6.45, 7) is 9.16. The number of rotatable bonds is 5. The van der Waals surface area contributed by atoms with Gasteiger partial charge in [0.25, 0.3) is 0 Å². The molecule has 2 heteroatoms. The Hall–Kier alpha value is -1.02. The molecular formula is C19H31NO. The highest BCUT2D eigenvalue weighted by atomic mass is 16.5. The molecule has 1 fully saturated rings. The molecule has 0 spiro atoms. The fourth-order valence-corrected chi connectivity index (χ4v) is 3.15. The van der Waals surface area contributed by atoms with E-state index in [1.54, 1.807) is 0 Å². The average Bonchev–Trinajstić information content (AvgIpc) is 2.48. The number of hydrogen-bond acceptors (Lipinski definition) is 2. The molecule has 1 aromatic rings. The lowest BCUT2D eigenvalue weighted by Gasteiger charge is -2.35. The van der Waals surface area contributed by atoms with Crippen molar-refractivity contribution >= 4 is 0 Å². The summed E-state index contributed by atoms with van der Waals surface area (Å²) in [5.74, 6) is 1.77. The average molecular weight is 289 g/mol. The number of nitrogens with one attached hydrogen (secondary N) is 1. The van der Waals surface area contributed by atoms with Gasteiger partial charge in [-0.1, -0.05) is 39.8 Å². The van der Waals surface area contributed by atoms with Gasteiger partial charge in [-0.3, -0.25) is 0 Å². The SMILES string of the molecule is CCC(C)(C)c1ccc(OC2CC(C)CCC2NC)cc1. The number of benzene rings is 1. The lowest BCUT2D eigenvalue weighted by atomic mass is 9.82. The summed E-state index contributed by atoms with van der Waals surface area (Å²) in [7, 11) is 2.05. The maximum absolute atomic E-state index is 6.27. The van der Waals surface area contributed by atoms with E-state index >= 15 is 0 Å². The Labute approximate surface area is 130 Å². The molecule has 0 aliphatic heterocycles. The monoisotopic (exact) mass is 289 g/mol. The minimum Gasteiger partial charge on any atom is -0.489 e. The van der Waals surface area contributed by atoms with Gasteiger partial charge in [0.15, 0.2) is 0 Å². The van der Waals surface area contributed by atoms with Crippen LogP contribution in [0.4, 0.5) is 0 Å². The van der Waals surface area contributed by atoms with E-state index in [0.717, 1.165) is 24.5 Å². The summed E-state index contributed by atoms with van der Waals surface area (Å²) in [6.07, 6.45) is 5.10. The first-order chi connectivity index (χ1) is 9.96. The second-order valence-corrected chi connectivity index (χ2v) is 7.23. The maximum Gasteiger partial charge on any atom is 0.119 e. The Bertz CT molecular complexity index is 437. The summed E-state index contributed by atoms with van der Waals surface area (Å²) >= 11 is 0. The lowest BCUT2D eigenvalue weighted by Crippen LogP contribution is -2.45. The van der Waals surface area contributed by atoms with Crippen molar-refractivity contribution in [2.45, 2.75) is 70.9 Å². The van der Waals surface area contributed by atoms with Gasteiger partial charge in [-0.25, -0.2) is 0 Å². The minimum atomic E-state index is 0.241. The van der Waals surface area contributed by atoms with Crippen LogP contribution in [0.2, 0.25) is 0 Å². The zero-order valence-corrected chi connectivity index (χ0v) is 14.3. The highest BCUT2D eigenvalue weighted by molar-refractivity contribution is 5.31. The van der Waals surface area contributed by atoms with Crippen LogP contribution in [0.5, 0.6) is 5.75 Å². The first-order valence-electron chi connectivity index (χ1n) is 8.40. The summed E-state index contributed by atoms with van der Waals surface area (Å²) < 4.78 is 6.27. The van der Waals surface area contributed by atoms with Gasteiger partial charge < -0.3 is 10.1 Å². The number of likely N-dealkylation sites (N-methyl/N-ethyl adjacent to an activating group) is 1. The standard InChI is InChI=1S/C19H31NO/c1-6-19(3,4)15-8-10-16(11-9-15)21-18-13-14(2)7-12-17(18)20-5/h8-11,14,17-18,20H,6-7,12-13H2,1-5H3. The third kappa shape index (κ3) is 4.00. The zero-order chi connectivity index (χ0) is 15.5. The molecule has 3 atom stereocenters. The van der Waals surface area contributed by atoms with Gasteiger partial charge in [-0.05, 0) is 61.8 Å². The molecule has 0 amide bonds. The third-order valence-electron chi connectivity index (χ3n) is 5.23. The van der Waals surface area contributed by atoms with E-state index < -0.39 is 0 Å². The molecule has 1 aromatic carbocycles. The van der Waals surface area contributed by atoms with Gasteiger partial charge in [0.1, 0.15) is 11.9 Å². The number of hydrogen-bond donors (Lipinski definition) is 1. The molecule has 0 heterocycles. The van der Waals surface area contributed by atoms with Crippen LogP contribution in [-0.2, 0) is 5.41 Å². The van der Waals surface area contributed by atoms with Crippen molar-refractivity contribution in [1.29, 1.82) is 0 Å². The van der Waals surface area contributed by atoms with Gasteiger partial charge >= 0.3 is 0 Å². The van der Waals surface area contributed by atoms with E-state index in [2.05, 4.69) is 57.3 Å². The summed E-state index contributed by atoms with van der Waals surface area (Å²) in [5, 5.41) is 3.41. The Morgan fingerprint density at radius 3 is 2.43 bits per heavy atom. The molecule has 118 valence electrons. The molecule has 1 aliphatic rings. The molecule has 0 aromatic heterocycles. The molecule has 2 rings (SSSR count). The van der Waals surface area contributed by atoms with Crippen LogP contribution < -0.4 is 10.1 Å². The quantitative estimate of drug-likeness (QED) is 0.860. The minimum absolute atomic E-state index is 0.241. The highest BCUT2D eigenvalue weighted by Crippen LogP contribution is 2.30. The van der Waals surface area contributed by atoms with Gasteiger partial charge in [0.05, 0.1) is 0 Å². The largest absolute Gasteiger partial charge is 0.489 e. The second-order valence-electron chi connectivity index (χ2n) is 7.23. The molecule has 2 nitrogen and oxygen atoms in total. The molecule has 0 saturated heterocycles. The van der Waals surface area contributed by atoms with E-state index in [-0.39, 0.29) is 5.41 Å². The van der Waals surface area contributed by atoms with Gasteiger partial charge in [0, 0.05) is 6.04 Å². The fourth-order valence-electron chi connectivity index (χ4n) is 3.15. The Morgan fingerprint density at radius 2 is 1.86 bits per heavy atom. The molecule has 0 radical (unpaired) electrons. The van der Waals surface area contributed by atoms with Crippen molar-refractivity contribution in [3.63, 3.8) is 0 Å². The first kappa shape index (κ1) is 16.4.